The largest absolute Gasteiger partial charge is 0.488 e. The van der Waals surface area contributed by atoms with E-state index in [0.717, 1.165) is 18.2 Å². The van der Waals surface area contributed by atoms with Crippen molar-refractivity contribution in [3.63, 3.8) is 0 Å². The van der Waals surface area contributed by atoms with Crippen molar-refractivity contribution in [3.05, 3.63) is 30.2 Å². The summed E-state index contributed by atoms with van der Waals surface area (Å²) in [4.78, 5) is 4.17. The molecule has 0 bridgehead atoms. The summed E-state index contributed by atoms with van der Waals surface area (Å²) < 4.78 is 19.5. The van der Waals surface area contributed by atoms with Crippen molar-refractivity contribution in [1.29, 1.82) is 0 Å². The molecular formula is C15H19FN2O. The molecule has 0 atom stereocenters. The van der Waals surface area contributed by atoms with Gasteiger partial charge in [-0.15, -0.1) is 0 Å². The van der Waals surface area contributed by atoms with Crippen LogP contribution in [-0.4, -0.2) is 11.6 Å². The number of hydrogen-bond acceptors (Lipinski definition) is 3. The molecule has 1 heterocycles. The van der Waals surface area contributed by atoms with Gasteiger partial charge in [0, 0.05) is 23.3 Å². The SMILES string of the molecule is CC(C)CCCOc1c(F)cc(N)c2cccnc12. The summed E-state index contributed by atoms with van der Waals surface area (Å²) in [5, 5.41) is 0.725. The van der Waals surface area contributed by atoms with Gasteiger partial charge in [-0.3, -0.25) is 4.98 Å². The van der Waals surface area contributed by atoms with Crippen LogP contribution in [-0.2, 0) is 0 Å². The predicted molar refractivity (Wildman–Crippen MR) is 75.7 cm³/mol. The van der Waals surface area contributed by atoms with Crippen LogP contribution in [0.3, 0.4) is 0 Å². The predicted octanol–water partition coefficient (Wildman–Crippen LogP) is 3.77. The Morgan fingerprint density at radius 1 is 1.42 bits per heavy atom. The van der Waals surface area contributed by atoms with Crippen LogP contribution in [0.15, 0.2) is 24.4 Å². The Morgan fingerprint density at radius 2 is 2.21 bits per heavy atom. The van der Waals surface area contributed by atoms with Crippen molar-refractivity contribution >= 4 is 16.6 Å². The van der Waals surface area contributed by atoms with Gasteiger partial charge in [0.05, 0.1) is 6.61 Å². The fourth-order valence-electron chi connectivity index (χ4n) is 2.02. The molecule has 0 saturated carbocycles. The van der Waals surface area contributed by atoms with E-state index in [0.29, 0.717) is 23.7 Å². The highest BCUT2D eigenvalue weighted by atomic mass is 19.1. The quantitative estimate of drug-likeness (QED) is 0.659. The Kier molecular flexibility index (Phi) is 4.20. The fourth-order valence-corrected chi connectivity index (χ4v) is 2.02. The summed E-state index contributed by atoms with van der Waals surface area (Å²) in [6.45, 7) is 4.80. The maximum absolute atomic E-state index is 13.9. The second kappa shape index (κ2) is 5.87. The van der Waals surface area contributed by atoms with Gasteiger partial charge < -0.3 is 10.5 Å². The first kappa shape index (κ1) is 13.6. The number of halogens is 1. The highest BCUT2D eigenvalue weighted by Crippen LogP contribution is 2.31. The lowest BCUT2D eigenvalue weighted by Gasteiger charge is -2.11. The van der Waals surface area contributed by atoms with Gasteiger partial charge in [-0.05, 0) is 30.9 Å². The molecule has 19 heavy (non-hydrogen) atoms. The summed E-state index contributed by atoms with van der Waals surface area (Å²) >= 11 is 0. The van der Waals surface area contributed by atoms with Crippen LogP contribution in [0, 0.1) is 11.7 Å². The monoisotopic (exact) mass is 262 g/mol. The molecule has 1 aromatic heterocycles. The number of fused-ring (bicyclic) bond motifs is 1. The molecule has 0 fully saturated rings. The molecule has 0 saturated heterocycles. The maximum atomic E-state index is 13.9. The maximum Gasteiger partial charge on any atom is 0.181 e. The van der Waals surface area contributed by atoms with E-state index >= 15 is 0 Å². The van der Waals surface area contributed by atoms with E-state index in [-0.39, 0.29) is 5.75 Å². The molecule has 1 aromatic carbocycles. The number of anilines is 1. The van der Waals surface area contributed by atoms with E-state index in [2.05, 4.69) is 18.8 Å². The van der Waals surface area contributed by atoms with Crippen LogP contribution in [0.2, 0.25) is 0 Å². The average molecular weight is 262 g/mol. The Bertz CT molecular complexity index is 569. The number of hydrogen-bond donors (Lipinski definition) is 1. The highest BCUT2D eigenvalue weighted by molar-refractivity contribution is 5.94. The number of pyridine rings is 1. The van der Waals surface area contributed by atoms with Crippen LogP contribution in [0.4, 0.5) is 10.1 Å². The van der Waals surface area contributed by atoms with E-state index in [1.165, 1.54) is 6.07 Å². The van der Waals surface area contributed by atoms with Crippen molar-refractivity contribution in [1.82, 2.24) is 4.98 Å². The minimum Gasteiger partial charge on any atom is -0.488 e. The number of aromatic nitrogens is 1. The fraction of sp³-hybridized carbons (Fsp3) is 0.400. The zero-order chi connectivity index (χ0) is 13.8. The molecular weight excluding hydrogens is 243 g/mol. The summed E-state index contributed by atoms with van der Waals surface area (Å²) in [6.07, 6.45) is 3.57. The summed E-state index contributed by atoms with van der Waals surface area (Å²) in [5.41, 5.74) is 6.66. The Labute approximate surface area is 112 Å². The number of nitrogens with two attached hydrogens (primary N) is 1. The number of ether oxygens (including phenoxy) is 1. The van der Waals surface area contributed by atoms with Crippen LogP contribution in [0.5, 0.6) is 5.75 Å². The van der Waals surface area contributed by atoms with Gasteiger partial charge in [0.25, 0.3) is 0 Å². The molecule has 0 unspecified atom stereocenters. The first-order chi connectivity index (χ1) is 9.09. The van der Waals surface area contributed by atoms with Gasteiger partial charge in [0.2, 0.25) is 0 Å². The van der Waals surface area contributed by atoms with Gasteiger partial charge in [-0.1, -0.05) is 13.8 Å². The second-order valence-corrected chi connectivity index (χ2v) is 5.06. The molecule has 2 aromatic rings. The van der Waals surface area contributed by atoms with Crippen molar-refractivity contribution < 1.29 is 9.13 Å². The molecule has 0 aliphatic carbocycles. The average Bonchev–Trinajstić information content (AvgIpc) is 2.37. The standard InChI is InChI=1S/C15H19FN2O/c1-10(2)5-4-8-19-15-12(16)9-13(17)11-6-3-7-18-14(11)15/h3,6-7,9-10H,4-5,8,17H2,1-2H3. The van der Waals surface area contributed by atoms with Crippen LogP contribution >= 0.6 is 0 Å². The highest BCUT2D eigenvalue weighted by Gasteiger charge is 2.13. The topological polar surface area (TPSA) is 48.1 Å². The van der Waals surface area contributed by atoms with Crippen molar-refractivity contribution in [2.75, 3.05) is 12.3 Å². The van der Waals surface area contributed by atoms with E-state index < -0.39 is 5.82 Å². The van der Waals surface area contributed by atoms with Gasteiger partial charge in [0.1, 0.15) is 5.52 Å². The lowest BCUT2D eigenvalue weighted by Crippen LogP contribution is -2.03. The molecule has 3 nitrogen and oxygen atoms in total. The molecule has 2 N–H and O–H groups in total. The van der Waals surface area contributed by atoms with Gasteiger partial charge in [-0.2, -0.15) is 0 Å². The molecule has 0 spiro atoms. The Hall–Kier alpha value is -1.84. The summed E-state index contributed by atoms with van der Waals surface area (Å²) in [7, 11) is 0. The zero-order valence-electron chi connectivity index (χ0n) is 11.3. The van der Waals surface area contributed by atoms with Crippen LogP contribution < -0.4 is 10.5 Å². The summed E-state index contributed by atoms with van der Waals surface area (Å²) in [6, 6.07) is 4.89. The third kappa shape index (κ3) is 3.13. The second-order valence-electron chi connectivity index (χ2n) is 5.06. The third-order valence-corrected chi connectivity index (χ3v) is 3.01. The number of nitrogen functional groups attached to an aromatic ring is 1. The summed E-state index contributed by atoms with van der Waals surface area (Å²) in [5.74, 6) is 0.372. The lowest BCUT2D eigenvalue weighted by atomic mass is 10.1. The molecule has 0 aliphatic heterocycles. The van der Waals surface area contributed by atoms with E-state index in [4.69, 9.17) is 10.5 Å². The third-order valence-electron chi connectivity index (χ3n) is 3.01. The van der Waals surface area contributed by atoms with Crippen molar-refractivity contribution in [2.45, 2.75) is 26.7 Å². The van der Waals surface area contributed by atoms with E-state index in [1.807, 2.05) is 6.07 Å². The Morgan fingerprint density at radius 3 is 2.95 bits per heavy atom. The normalized spacial score (nSPS) is 11.2. The van der Waals surface area contributed by atoms with Crippen molar-refractivity contribution in [2.24, 2.45) is 5.92 Å². The van der Waals surface area contributed by atoms with E-state index in [1.54, 1.807) is 12.3 Å². The van der Waals surface area contributed by atoms with Crippen LogP contribution in [0.1, 0.15) is 26.7 Å². The van der Waals surface area contributed by atoms with Gasteiger partial charge >= 0.3 is 0 Å². The molecule has 4 heteroatoms. The van der Waals surface area contributed by atoms with Crippen molar-refractivity contribution in [3.8, 4) is 5.75 Å². The number of rotatable bonds is 5. The molecule has 0 aliphatic rings. The van der Waals surface area contributed by atoms with E-state index in [9.17, 15) is 4.39 Å². The first-order valence-electron chi connectivity index (χ1n) is 6.55. The van der Waals surface area contributed by atoms with Gasteiger partial charge in [0.15, 0.2) is 11.6 Å². The molecule has 0 radical (unpaired) electrons. The minimum absolute atomic E-state index is 0.202. The zero-order valence-corrected chi connectivity index (χ0v) is 11.3. The lowest BCUT2D eigenvalue weighted by molar-refractivity contribution is 0.287. The van der Waals surface area contributed by atoms with Gasteiger partial charge in [-0.25, -0.2) is 4.39 Å². The molecule has 102 valence electrons. The number of benzene rings is 1. The smallest absolute Gasteiger partial charge is 0.181 e. The Balaban J connectivity index is 2.22. The molecule has 0 amide bonds. The molecule has 2 rings (SSSR count). The first-order valence-corrected chi connectivity index (χ1v) is 6.55. The minimum atomic E-state index is -0.451. The number of nitrogens with zero attached hydrogens (tertiary/aromatic N) is 1. The van der Waals surface area contributed by atoms with Crippen LogP contribution in [0.25, 0.3) is 10.9 Å².